The van der Waals surface area contributed by atoms with Crippen LogP contribution in [0.2, 0.25) is 0 Å². The zero-order valence-corrected chi connectivity index (χ0v) is 13.1. The third-order valence-electron chi connectivity index (χ3n) is 3.35. The van der Waals surface area contributed by atoms with Gasteiger partial charge in [0.1, 0.15) is 0 Å². The summed E-state index contributed by atoms with van der Waals surface area (Å²) < 4.78 is 0. The van der Waals surface area contributed by atoms with E-state index in [0.29, 0.717) is 11.3 Å². The Morgan fingerprint density at radius 2 is 1.64 bits per heavy atom. The van der Waals surface area contributed by atoms with Crippen molar-refractivity contribution in [3.05, 3.63) is 57.6 Å². The van der Waals surface area contributed by atoms with E-state index in [9.17, 15) is 10.1 Å². The van der Waals surface area contributed by atoms with Gasteiger partial charge in [0, 0.05) is 31.4 Å². The highest BCUT2D eigenvalue weighted by molar-refractivity contribution is 5.56. The van der Waals surface area contributed by atoms with Crippen molar-refractivity contribution in [1.29, 1.82) is 0 Å². The van der Waals surface area contributed by atoms with Crippen LogP contribution in [0.15, 0.2) is 46.6 Å². The third-order valence-corrected chi connectivity index (χ3v) is 3.35. The number of nitrogens with zero attached hydrogens (tertiary/aromatic N) is 4. The van der Waals surface area contributed by atoms with Crippen LogP contribution < -0.4 is 4.90 Å². The van der Waals surface area contributed by atoms with Gasteiger partial charge in [-0.3, -0.25) is 10.1 Å². The number of anilines is 1. The standard InChI is InChI=1S/C16H18N4O2/c1-11-10-16(20(21)22)12(2)9-15(11)18-17-13-5-7-14(8-6-13)19(3)4/h5-10H,1-4H3. The first kappa shape index (κ1) is 15.6. The molecule has 2 aromatic carbocycles. The summed E-state index contributed by atoms with van der Waals surface area (Å²) in [4.78, 5) is 12.5. The number of azo groups is 1. The SMILES string of the molecule is Cc1cc([N+](=O)[O-])c(C)cc1N=Nc1ccc(N(C)C)cc1. The monoisotopic (exact) mass is 298 g/mol. The summed E-state index contributed by atoms with van der Waals surface area (Å²) in [6.45, 7) is 3.48. The van der Waals surface area contributed by atoms with E-state index < -0.39 is 0 Å². The van der Waals surface area contributed by atoms with Crippen LogP contribution in [-0.4, -0.2) is 19.0 Å². The smallest absolute Gasteiger partial charge is 0.272 e. The maximum Gasteiger partial charge on any atom is 0.272 e. The molecule has 2 rings (SSSR count). The minimum Gasteiger partial charge on any atom is -0.378 e. The molecular weight excluding hydrogens is 280 g/mol. The molecule has 0 aromatic heterocycles. The molecule has 0 bridgehead atoms. The van der Waals surface area contributed by atoms with Crippen molar-refractivity contribution < 1.29 is 4.92 Å². The summed E-state index contributed by atoms with van der Waals surface area (Å²) in [6.07, 6.45) is 0. The van der Waals surface area contributed by atoms with Crippen molar-refractivity contribution in [2.75, 3.05) is 19.0 Å². The molecule has 0 heterocycles. The average molecular weight is 298 g/mol. The molecule has 0 saturated carbocycles. The lowest BCUT2D eigenvalue weighted by Crippen LogP contribution is -2.07. The fourth-order valence-electron chi connectivity index (χ4n) is 2.02. The number of benzene rings is 2. The van der Waals surface area contributed by atoms with Crippen molar-refractivity contribution in [3.63, 3.8) is 0 Å². The minimum absolute atomic E-state index is 0.104. The molecule has 0 radical (unpaired) electrons. The van der Waals surface area contributed by atoms with Crippen molar-refractivity contribution >= 4 is 22.7 Å². The van der Waals surface area contributed by atoms with Crippen LogP contribution in [0.1, 0.15) is 11.1 Å². The molecule has 0 amide bonds. The first-order valence-electron chi connectivity index (χ1n) is 6.83. The Morgan fingerprint density at radius 1 is 1.00 bits per heavy atom. The molecule has 0 unspecified atom stereocenters. The van der Waals surface area contributed by atoms with Gasteiger partial charge in [-0.25, -0.2) is 0 Å². The Morgan fingerprint density at radius 3 is 2.18 bits per heavy atom. The van der Waals surface area contributed by atoms with Crippen LogP contribution >= 0.6 is 0 Å². The summed E-state index contributed by atoms with van der Waals surface area (Å²) in [7, 11) is 3.94. The number of hydrogen-bond donors (Lipinski definition) is 0. The normalized spacial score (nSPS) is 10.9. The molecule has 114 valence electrons. The van der Waals surface area contributed by atoms with E-state index in [-0.39, 0.29) is 10.6 Å². The zero-order valence-electron chi connectivity index (χ0n) is 13.1. The Kier molecular flexibility index (Phi) is 4.50. The Hall–Kier alpha value is -2.76. The summed E-state index contributed by atoms with van der Waals surface area (Å²) in [5.74, 6) is 0. The molecule has 6 nitrogen and oxygen atoms in total. The Balaban J connectivity index is 2.26. The number of rotatable bonds is 4. The summed E-state index contributed by atoms with van der Waals surface area (Å²) in [6, 6.07) is 10.9. The second kappa shape index (κ2) is 6.34. The largest absolute Gasteiger partial charge is 0.378 e. The molecule has 0 N–H and O–H groups in total. The van der Waals surface area contributed by atoms with Crippen molar-refractivity contribution in [3.8, 4) is 0 Å². The van der Waals surface area contributed by atoms with E-state index in [0.717, 1.165) is 16.9 Å². The molecule has 6 heteroatoms. The van der Waals surface area contributed by atoms with E-state index in [2.05, 4.69) is 10.2 Å². The molecular formula is C16H18N4O2. The fraction of sp³-hybridized carbons (Fsp3) is 0.250. The highest BCUT2D eigenvalue weighted by Gasteiger charge is 2.13. The molecule has 0 aliphatic heterocycles. The van der Waals surface area contributed by atoms with Gasteiger partial charge >= 0.3 is 0 Å². The second-order valence-electron chi connectivity index (χ2n) is 5.29. The van der Waals surface area contributed by atoms with Crippen molar-refractivity contribution in [2.45, 2.75) is 13.8 Å². The van der Waals surface area contributed by atoms with E-state index in [4.69, 9.17) is 0 Å². The molecule has 2 aromatic rings. The number of nitro groups is 1. The maximum absolute atomic E-state index is 10.9. The van der Waals surface area contributed by atoms with Gasteiger partial charge in [-0.15, -0.1) is 0 Å². The van der Waals surface area contributed by atoms with E-state index in [1.165, 1.54) is 6.07 Å². The van der Waals surface area contributed by atoms with Crippen LogP contribution in [-0.2, 0) is 0 Å². The predicted molar refractivity (Wildman–Crippen MR) is 87.5 cm³/mol. The predicted octanol–water partition coefficient (Wildman–Crippen LogP) is 4.69. The molecule has 0 spiro atoms. The van der Waals surface area contributed by atoms with Crippen molar-refractivity contribution in [2.24, 2.45) is 10.2 Å². The molecule has 22 heavy (non-hydrogen) atoms. The third kappa shape index (κ3) is 3.46. The summed E-state index contributed by atoms with van der Waals surface area (Å²) >= 11 is 0. The lowest BCUT2D eigenvalue weighted by Gasteiger charge is -2.11. The summed E-state index contributed by atoms with van der Waals surface area (Å²) in [5.41, 5.74) is 3.87. The van der Waals surface area contributed by atoms with Gasteiger partial charge in [0.2, 0.25) is 0 Å². The van der Waals surface area contributed by atoms with E-state index in [1.54, 1.807) is 19.9 Å². The average Bonchev–Trinajstić information content (AvgIpc) is 2.47. The quantitative estimate of drug-likeness (QED) is 0.467. The highest BCUT2D eigenvalue weighted by atomic mass is 16.6. The fourth-order valence-corrected chi connectivity index (χ4v) is 2.02. The van der Waals surface area contributed by atoms with Crippen LogP contribution in [0.25, 0.3) is 0 Å². The topological polar surface area (TPSA) is 71.1 Å². The van der Waals surface area contributed by atoms with Gasteiger partial charge in [-0.2, -0.15) is 10.2 Å². The Bertz CT molecular complexity index is 722. The number of nitro benzene ring substituents is 1. The van der Waals surface area contributed by atoms with E-state index >= 15 is 0 Å². The lowest BCUT2D eigenvalue weighted by atomic mass is 10.1. The van der Waals surface area contributed by atoms with Gasteiger partial charge in [0.05, 0.1) is 16.3 Å². The van der Waals surface area contributed by atoms with Crippen LogP contribution in [0, 0.1) is 24.0 Å². The zero-order chi connectivity index (χ0) is 16.3. The minimum atomic E-state index is -0.386. The highest BCUT2D eigenvalue weighted by Crippen LogP contribution is 2.29. The first-order valence-corrected chi connectivity index (χ1v) is 6.83. The first-order chi connectivity index (χ1) is 10.4. The van der Waals surface area contributed by atoms with Crippen molar-refractivity contribution in [1.82, 2.24) is 0 Å². The van der Waals surface area contributed by atoms with Gasteiger partial charge in [0.25, 0.3) is 5.69 Å². The second-order valence-corrected chi connectivity index (χ2v) is 5.29. The molecule has 0 fully saturated rings. The molecule has 0 aliphatic rings. The van der Waals surface area contributed by atoms with Crippen LogP contribution in [0.4, 0.5) is 22.7 Å². The van der Waals surface area contributed by atoms with Gasteiger partial charge in [-0.1, -0.05) is 0 Å². The van der Waals surface area contributed by atoms with Gasteiger partial charge in [0.15, 0.2) is 0 Å². The molecule has 0 aliphatic carbocycles. The van der Waals surface area contributed by atoms with Crippen LogP contribution in [0.5, 0.6) is 0 Å². The van der Waals surface area contributed by atoms with E-state index in [1.807, 2.05) is 43.3 Å². The molecule has 0 atom stereocenters. The number of hydrogen-bond acceptors (Lipinski definition) is 5. The lowest BCUT2D eigenvalue weighted by molar-refractivity contribution is -0.385. The summed E-state index contributed by atoms with van der Waals surface area (Å²) in [5, 5.41) is 19.3. The van der Waals surface area contributed by atoms with Gasteiger partial charge < -0.3 is 4.90 Å². The molecule has 0 saturated heterocycles. The van der Waals surface area contributed by atoms with Crippen LogP contribution in [0.3, 0.4) is 0 Å². The Labute approximate surface area is 129 Å². The van der Waals surface area contributed by atoms with Gasteiger partial charge in [-0.05, 0) is 49.7 Å². The maximum atomic E-state index is 10.9. The number of aryl methyl sites for hydroxylation is 2.